The van der Waals surface area contributed by atoms with Crippen LogP contribution < -0.4 is 19.5 Å². The number of ether oxygens (including phenoxy) is 3. The molecule has 1 aliphatic rings. The van der Waals surface area contributed by atoms with Crippen LogP contribution in [0.15, 0.2) is 47.4 Å². The smallest absolute Gasteiger partial charge is 0.243 e. The standard InChI is InChI=1S/C23H30N2O6S/c1-4-30-19-10-13-22(31-5-2)21(15-19)24-23(26)17-7-6-14-25(16-17)32(27,28)20-11-8-18(29-3)9-12-20/h8-13,15,17H,4-7,14,16H2,1-3H3,(H,24,26)/t17-/m0/s1. The summed E-state index contributed by atoms with van der Waals surface area (Å²) in [4.78, 5) is 13.2. The number of nitrogens with one attached hydrogen (secondary N) is 1. The van der Waals surface area contributed by atoms with E-state index in [1.54, 1.807) is 30.3 Å². The second-order valence-electron chi connectivity index (χ2n) is 7.39. The van der Waals surface area contributed by atoms with Crippen molar-refractivity contribution >= 4 is 21.6 Å². The molecule has 0 unspecified atom stereocenters. The zero-order valence-electron chi connectivity index (χ0n) is 18.7. The van der Waals surface area contributed by atoms with E-state index in [1.807, 2.05) is 13.8 Å². The van der Waals surface area contributed by atoms with Crippen molar-refractivity contribution in [1.29, 1.82) is 0 Å². The van der Waals surface area contributed by atoms with Gasteiger partial charge in [0, 0.05) is 19.2 Å². The molecule has 1 amide bonds. The van der Waals surface area contributed by atoms with Crippen LogP contribution in [0.5, 0.6) is 17.2 Å². The molecule has 8 nitrogen and oxygen atoms in total. The van der Waals surface area contributed by atoms with Crippen LogP contribution in [0.3, 0.4) is 0 Å². The molecular formula is C23H30N2O6S. The highest BCUT2D eigenvalue weighted by Gasteiger charge is 2.33. The van der Waals surface area contributed by atoms with Crippen molar-refractivity contribution in [2.24, 2.45) is 5.92 Å². The second-order valence-corrected chi connectivity index (χ2v) is 9.33. The Morgan fingerprint density at radius 1 is 1.06 bits per heavy atom. The van der Waals surface area contributed by atoms with Crippen molar-refractivity contribution in [3.05, 3.63) is 42.5 Å². The summed E-state index contributed by atoms with van der Waals surface area (Å²) in [6, 6.07) is 11.5. The highest BCUT2D eigenvalue weighted by atomic mass is 32.2. The molecule has 174 valence electrons. The molecule has 0 aliphatic carbocycles. The Morgan fingerprint density at radius 3 is 2.41 bits per heavy atom. The summed E-state index contributed by atoms with van der Waals surface area (Å²) >= 11 is 0. The third kappa shape index (κ3) is 5.52. The molecule has 9 heteroatoms. The molecule has 1 aliphatic heterocycles. The van der Waals surface area contributed by atoms with E-state index >= 15 is 0 Å². The number of nitrogens with zero attached hydrogens (tertiary/aromatic N) is 1. The molecular weight excluding hydrogens is 432 g/mol. The summed E-state index contributed by atoms with van der Waals surface area (Å²) in [5.41, 5.74) is 0.512. The van der Waals surface area contributed by atoms with Gasteiger partial charge in [-0.25, -0.2) is 8.42 Å². The first-order chi connectivity index (χ1) is 15.4. The lowest BCUT2D eigenvalue weighted by Gasteiger charge is -2.31. The summed E-state index contributed by atoms with van der Waals surface area (Å²) in [5, 5.41) is 2.91. The van der Waals surface area contributed by atoms with E-state index < -0.39 is 15.9 Å². The number of hydrogen-bond acceptors (Lipinski definition) is 6. The lowest BCUT2D eigenvalue weighted by atomic mass is 9.98. The molecule has 2 aromatic rings. The number of benzene rings is 2. The van der Waals surface area contributed by atoms with E-state index in [0.717, 1.165) is 0 Å². The number of amides is 1. The minimum Gasteiger partial charge on any atom is -0.497 e. The highest BCUT2D eigenvalue weighted by Crippen LogP contribution is 2.31. The van der Waals surface area contributed by atoms with Crippen LogP contribution in [0.25, 0.3) is 0 Å². The summed E-state index contributed by atoms with van der Waals surface area (Å²) < 4.78 is 43.8. The van der Waals surface area contributed by atoms with Crippen molar-refractivity contribution in [2.45, 2.75) is 31.6 Å². The molecule has 2 aromatic carbocycles. The number of sulfonamides is 1. The average molecular weight is 463 g/mol. The number of anilines is 1. The first kappa shape index (κ1) is 23.9. The van der Waals surface area contributed by atoms with Gasteiger partial charge in [0.25, 0.3) is 0 Å². The molecule has 0 aromatic heterocycles. The Balaban J connectivity index is 1.75. The zero-order chi connectivity index (χ0) is 23.1. The van der Waals surface area contributed by atoms with Crippen LogP contribution >= 0.6 is 0 Å². The number of hydrogen-bond donors (Lipinski definition) is 1. The molecule has 1 atom stereocenters. The molecule has 1 fully saturated rings. The number of carbonyl (C=O) groups excluding carboxylic acids is 1. The van der Waals surface area contributed by atoms with Gasteiger partial charge in [0.2, 0.25) is 15.9 Å². The maximum atomic E-state index is 13.1. The van der Waals surface area contributed by atoms with Crippen LogP contribution in [-0.4, -0.2) is 52.0 Å². The second kappa shape index (κ2) is 10.7. The molecule has 0 spiro atoms. The normalized spacial score (nSPS) is 16.9. The fourth-order valence-corrected chi connectivity index (χ4v) is 5.17. The number of piperidine rings is 1. The van der Waals surface area contributed by atoms with Gasteiger partial charge < -0.3 is 19.5 Å². The minimum absolute atomic E-state index is 0.120. The SMILES string of the molecule is CCOc1ccc(OCC)c(NC(=O)[C@H]2CCCN(S(=O)(=O)c3ccc(OC)cc3)C2)c1. The topological polar surface area (TPSA) is 94.2 Å². The Labute approximate surface area is 189 Å². The van der Waals surface area contributed by atoms with E-state index in [4.69, 9.17) is 14.2 Å². The predicted octanol–water partition coefficient (Wildman–Crippen LogP) is 3.53. The van der Waals surface area contributed by atoms with E-state index in [2.05, 4.69) is 5.32 Å². The van der Waals surface area contributed by atoms with Gasteiger partial charge in [-0.2, -0.15) is 4.31 Å². The van der Waals surface area contributed by atoms with Gasteiger partial charge in [0.1, 0.15) is 17.2 Å². The first-order valence-electron chi connectivity index (χ1n) is 10.7. The predicted molar refractivity (Wildman–Crippen MR) is 122 cm³/mol. The van der Waals surface area contributed by atoms with Crippen molar-refractivity contribution in [2.75, 3.05) is 38.7 Å². The molecule has 3 rings (SSSR count). The Kier molecular flexibility index (Phi) is 7.98. The lowest BCUT2D eigenvalue weighted by molar-refractivity contribution is -0.120. The van der Waals surface area contributed by atoms with Crippen LogP contribution in [-0.2, 0) is 14.8 Å². The van der Waals surface area contributed by atoms with Gasteiger partial charge in [0.15, 0.2) is 0 Å². The molecule has 0 saturated carbocycles. The molecule has 0 bridgehead atoms. The number of rotatable bonds is 9. The maximum Gasteiger partial charge on any atom is 0.243 e. The maximum absolute atomic E-state index is 13.1. The van der Waals surface area contributed by atoms with Gasteiger partial charge >= 0.3 is 0 Å². The number of methoxy groups -OCH3 is 1. The van der Waals surface area contributed by atoms with Crippen LogP contribution in [0, 0.1) is 5.92 Å². The molecule has 32 heavy (non-hydrogen) atoms. The Hall–Kier alpha value is -2.78. The van der Waals surface area contributed by atoms with Gasteiger partial charge in [-0.1, -0.05) is 0 Å². The fraction of sp³-hybridized carbons (Fsp3) is 0.435. The van der Waals surface area contributed by atoms with E-state index in [9.17, 15) is 13.2 Å². The van der Waals surface area contributed by atoms with Gasteiger partial charge in [-0.15, -0.1) is 0 Å². The van der Waals surface area contributed by atoms with Crippen molar-refractivity contribution in [3.8, 4) is 17.2 Å². The third-order valence-corrected chi connectivity index (χ3v) is 7.15. The van der Waals surface area contributed by atoms with Gasteiger partial charge in [-0.05, 0) is 63.1 Å². The summed E-state index contributed by atoms with van der Waals surface area (Å²) in [7, 11) is -2.18. The zero-order valence-corrected chi connectivity index (χ0v) is 19.5. The third-order valence-electron chi connectivity index (χ3n) is 5.27. The first-order valence-corrected chi connectivity index (χ1v) is 12.2. The summed E-state index contributed by atoms with van der Waals surface area (Å²) in [6.07, 6.45) is 1.21. The lowest BCUT2D eigenvalue weighted by Crippen LogP contribution is -2.43. The molecule has 1 N–H and O–H groups in total. The highest BCUT2D eigenvalue weighted by molar-refractivity contribution is 7.89. The van der Waals surface area contributed by atoms with Crippen molar-refractivity contribution in [3.63, 3.8) is 0 Å². The average Bonchev–Trinajstić information content (AvgIpc) is 2.81. The monoisotopic (exact) mass is 462 g/mol. The van der Waals surface area contributed by atoms with Gasteiger partial charge in [0.05, 0.1) is 36.8 Å². The fourth-order valence-electron chi connectivity index (χ4n) is 3.65. The van der Waals surface area contributed by atoms with Crippen LogP contribution in [0.2, 0.25) is 0 Å². The Bertz CT molecular complexity index is 1020. The van der Waals surface area contributed by atoms with Crippen LogP contribution in [0.1, 0.15) is 26.7 Å². The van der Waals surface area contributed by atoms with Crippen molar-refractivity contribution < 1.29 is 27.4 Å². The van der Waals surface area contributed by atoms with Crippen molar-refractivity contribution in [1.82, 2.24) is 4.31 Å². The van der Waals surface area contributed by atoms with Crippen LogP contribution in [0.4, 0.5) is 5.69 Å². The summed E-state index contributed by atoms with van der Waals surface area (Å²) in [5.74, 6) is 1.04. The quantitative estimate of drug-likeness (QED) is 0.613. The van der Waals surface area contributed by atoms with E-state index in [-0.39, 0.29) is 17.3 Å². The minimum atomic E-state index is -3.70. The van der Waals surface area contributed by atoms with E-state index in [1.165, 1.54) is 23.5 Å². The molecule has 1 saturated heterocycles. The Morgan fingerprint density at radius 2 is 1.75 bits per heavy atom. The van der Waals surface area contributed by atoms with E-state index in [0.29, 0.717) is 55.5 Å². The summed E-state index contributed by atoms with van der Waals surface area (Å²) in [6.45, 7) is 5.20. The largest absolute Gasteiger partial charge is 0.497 e. The molecule has 0 radical (unpaired) electrons. The number of carbonyl (C=O) groups is 1. The van der Waals surface area contributed by atoms with Gasteiger partial charge in [-0.3, -0.25) is 4.79 Å². The molecule has 1 heterocycles.